The van der Waals surface area contributed by atoms with Crippen LogP contribution in [0.1, 0.15) is 11.1 Å². The maximum absolute atomic E-state index is 13.5. The first-order chi connectivity index (χ1) is 8.25. The second-order valence-electron chi connectivity index (χ2n) is 3.35. The minimum Gasteiger partial charge on any atom is -0.481 e. The molecule has 0 fully saturated rings. The SMILES string of the molecule is O=C(O)Cc1c(F)c(F)c(F)c(CC(=O)O)c1F. The third-order valence-corrected chi connectivity index (χ3v) is 2.10. The van der Waals surface area contributed by atoms with Gasteiger partial charge in [0.2, 0.25) is 0 Å². The summed E-state index contributed by atoms with van der Waals surface area (Å²) in [5.41, 5.74) is -2.42. The highest BCUT2D eigenvalue weighted by atomic mass is 19.2. The molecule has 0 aliphatic heterocycles. The predicted molar refractivity (Wildman–Crippen MR) is 49.0 cm³/mol. The van der Waals surface area contributed by atoms with Crippen molar-refractivity contribution in [2.24, 2.45) is 0 Å². The molecule has 1 aromatic carbocycles. The molecule has 0 aliphatic rings. The first-order valence-electron chi connectivity index (χ1n) is 4.53. The zero-order chi connectivity index (χ0) is 14.0. The van der Waals surface area contributed by atoms with Gasteiger partial charge in [-0.2, -0.15) is 0 Å². The summed E-state index contributed by atoms with van der Waals surface area (Å²) < 4.78 is 52.8. The van der Waals surface area contributed by atoms with Crippen LogP contribution in [0.5, 0.6) is 0 Å². The molecule has 1 aromatic rings. The van der Waals surface area contributed by atoms with Gasteiger partial charge < -0.3 is 10.2 Å². The molecule has 1 rings (SSSR count). The molecule has 0 heterocycles. The molecule has 98 valence electrons. The summed E-state index contributed by atoms with van der Waals surface area (Å²) in [6, 6.07) is 0. The summed E-state index contributed by atoms with van der Waals surface area (Å²) in [7, 11) is 0. The van der Waals surface area contributed by atoms with E-state index in [1.165, 1.54) is 0 Å². The number of carbonyl (C=O) groups is 2. The van der Waals surface area contributed by atoms with Gasteiger partial charge in [-0.15, -0.1) is 0 Å². The number of halogens is 4. The van der Waals surface area contributed by atoms with Crippen LogP contribution in [0.15, 0.2) is 0 Å². The van der Waals surface area contributed by atoms with Crippen molar-refractivity contribution in [1.29, 1.82) is 0 Å². The van der Waals surface area contributed by atoms with Crippen LogP contribution in [0.4, 0.5) is 17.6 Å². The number of hydrogen-bond acceptors (Lipinski definition) is 2. The lowest BCUT2D eigenvalue weighted by atomic mass is 10.0. The van der Waals surface area contributed by atoms with E-state index < -0.39 is 59.2 Å². The third kappa shape index (κ3) is 2.58. The molecule has 0 amide bonds. The van der Waals surface area contributed by atoms with Gasteiger partial charge in [0.15, 0.2) is 17.5 Å². The van der Waals surface area contributed by atoms with Gasteiger partial charge in [-0.25, -0.2) is 17.6 Å². The fraction of sp³-hybridized carbons (Fsp3) is 0.200. The van der Waals surface area contributed by atoms with E-state index in [0.29, 0.717) is 0 Å². The lowest BCUT2D eigenvalue weighted by Crippen LogP contribution is -2.15. The lowest BCUT2D eigenvalue weighted by Gasteiger charge is -2.09. The average molecular weight is 266 g/mol. The van der Waals surface area contributed by atoms with Gasteiger partial charge in [0.25, 0.3) is 0 Å². The van der Waals surface area contributed by atoms with Gasteiger partial charge in [-0.3, -0.25) is 9.59 Å². The fourth-order valence-electron chi connectivity index (χ4n) is 1.35. The second-order valence-corrected chi connectivity index (χ2v) is 3.35. The van der Waals surface area contributed by atoms with Crippen molar-refractivity contribution < 1.29 is 37.4 Å². The Hall–Kier alpha value is -2.12. The van der Waals surface area contributed by atoms with E-state index in [1.807, 2.05) is 0 Å². The van der Waals surface area contributed by atoms with E-state index in [1.54, 1.807) is 0 Å². The van der Waals surface area contributed by atoms with Crippen LogP contribution in [0.3, 0.4) is 0 Å². The minimum atomic E-state index is -2.09. The maximum Gasteiger partial charge on any atom is 0.308 e. The predicted octanol–water partition coefficient (Wildman–Crippen LogP) is 1.50. The lowest BCUT2D eigenvalue weighted by molar-refractivity contribution is -0.137. The quantitative estimate of drug-likeness (QED) is 0.492. The highest BCUT2D eigenvalue weighted by Gasteiger charge is 2.27. The van der Waals surface area contributed by atoms with Crippen molar-refractivity contribution >= 4 is 11.9 Å². The second kappa shape index (κ2) is 5.03. The van der Waals surface area contributed by atoms with E-state index in [0.717, 1.165) is 0 Å². The van der Waals surface area contributed by atoms with E-state index >= 15 is 0 Å². The topological polar surface area (TPSA) is 74.6 Å². The van der Waals surface area contributed by atoms with Crippen LogP contribution >= 0.6 is 0 Å². The Balaban J connectivity index is 3.48. The molecule has 4 nitrogen and oxygen atoms in total. The third-order valence-electron chi connectivity index (χ3n) is 2.10. The van der Waals surface area contributed by atoms with Crippen molar-refractivity contribution in [3.63, 3.8) is 0 Å². The van der Waals surface area contributed by atoms with Crippen molar-refractivity contribution in [2.75, 3.05) is 0 Å². The minimum absolute atomic E-state index is 1.21. The van der Waals surface area contributed by atoms with Gasteiger partial charge in [-0.05, 0) is 0 Å². The summed E-state index contributed by atoms with van der Waals surface area (Å²) in [5, 5.41) is 16.8. The Morgan fingerprint density at radius 3 is 1.33 bits per heavy atom. The number of rotatable bonds is 4. The van der Waals surface area contributed by atoms with Crippen molar-refractivity contribution in [3.8, 4) is 0 Å². The number of aliphatic carboxylic acids is 2. The molecule has 0 aromatic heterocycles. The number of benzene rings is 1. The fourth-order valence-corrected chi connectivity index (χ4v) is 1.35. The van der Waals surface area contributed by atoms with Crippen LogP contribution in [0, 0.1) is 23.3 Å². The van der Waals surface area contributed by atoms with Crippen molar-refractivity contribution in [2.45, 2.75) is 12.8 Å². The van der Waals surface area contributed by atoms with E-state index in [9.17, 15) is 27.2 Å². The van der Waals surface area contributed by atoms with E-state index in [-0.39, 0.29) is 0 Å². The van der Waals surface area contributed by atoms with E-state index in [2.05, 4.69) is 0 Å². The summed E-state index contributed by atoms with van der Waals surface area (Å²) in [6.45, 7) is 0. The van der Waals surface area contributed by atoms with Crippen LogP contribution < -0.4 is 0 Å². The van der Waals surface area contributed by atoms with Crippen LogP contribution in [0.2, 0.25) is 0 Å². The maximum atomic E-state index is 13.5. The van der Waals surface area contributed by atoms with E-state index in [4.69, 9.17) is 10.2 Å². The van der Waals surface area contributed by atoms with Gasteiger partial charge >= 0.3 is 11.9 Å². The molecule has 0 atom stereocenters. The zero-order valence-electron chi connectivity index (χ0n) is 8.64. The molecular weight excluding hydrogens is 260 g/mol. The number of hydrogen-bond donors (Lipinski definition) is 2. The van der Waals surface area contributed by atoms with Crippen LogP contribution in [-0.2, 0) is 22.4 Å². The first-order valence-corrected chi connectivity index (χ1v) is 4.53. The summed E-state index contributed by atoms with van der Waals surface area (Å²) in [5.74, 6) is -11.1. The molecule has 0 bridgehead atoms. The molecular formula is C10H6F4O4. The van der Waals surface area contributed by atoms with Gasteiger partial charge in [-0.1, -0.05) is 0 Å². The van der Waals surface area contributed by atoms with Crippen LogP contribution in [0.25, 0.3) is 0 Å². The van der Waals surface area contributed by atoms with Crippen molar-refractivity contribution in [3.05, 3.63) is 34.4 Å². The molecule has 0 aliphatic carbocycles. The summed E-state index contributed by atoms with van der Waals surface area (Å²) >= 11 is 0. The Morgan fingerprint density at radius 1 is 0.722 bits per heavy atom. The molecule has 2 N–H and O–H groups in total. The Labute approximate surface area is 97.5 Å². The standard InChI is InChI=1S/C10H6F4O4/c11-7-3(1-5(15)16)8(12)10(14)9(13)4(7)2-6(17)18/h1-2H2,(H,15,16)(H,17,18). The summed E-state index contributed by atoms with van der Waals surface area (Å²) in [6.07, 6.45) is -2.44. The number of carboxylic acid groups (broad SMARTS) is 2. The Kier molecular flexibility index (Phi) is 3.89. The first kappa shape index (κ1) is 13.9. The molecule has 0 spiro atoms. The molecule has 0 unspecified atom stereocenters. The van der Waals surface area contributed by atoms with Crippen molar-refractivity contribution in [1.82, 2.24) is 0 Å². The van der Waals surface area contributed by atoms with Crippen LogP contribution in [-0.4, -0.2) is 22.2 Å². The molecule has 0 radical (unpaired) electrons. The van der Waals surface area contributed by atoms with Gasteiger partial charge in [0.05, 0.1) is 12.8 Å². The normalized spacial score (nSPS) is 10.4. The zero-order valence-corrected chi connectivity index (χ0v) is 8.64. The molecule has 8 heteroatoms. The Morgan fingerprint density at radius 2 is 1.06 bits per heavy atom. The average Bonchev–Trinajstić information content (AvgIpc) is 2.27. The van der Waals surface area contributed by atoms with Gasteiger partial charge in [0, 0.05) is 11.1 Å². The smallest absolute Gasteiger partial charge is 0.308 e. The number of carboxylic acids is 2. The largest absolute Gasteiger partial charge is 0.481 e. The highest BCUT2D eigenvalue weighted by molar-refractivity contribution is 5.72. The monoisotopic (exact) mass is 266 g/mol. The molecule has 0 saturated carbocycles. The van der Waals surface area contributed by atoms with Gasteiger partial charge in [0.1, 0.15) is 5.82 Å². The molecule has 18 heavy (non-hydrogen) atoms. The molecule has 0 saturated heterocycles. The highest BCUT2D eigenvalue weighted by Crippen LogP contribution is 2.25. The Bertz CT molecular complexity index is 484. The summed E-state index contributed by atoms with van der Waals surface area (Å²) in [4.78, 5) is 20.7.